The Balaban J connectivity index is 2.69. The first-order valence-corrected chi connectivity index (χ1v) is 6.10. The van der Waals surface area contributed by atoms with Gasteiger partial charge in [0.25, 0.3) is 5.91 Å². The van der Waals surface area contributed by atoms with Gasteiger partial charge in [0, 0.05) is 18.4 Å². The van der Waals surface area contributed by atoms with Crippen molar-refractivity contribution in [2.75, 3.05) is 11.9 Å². The Morgan fingerprint density at radius 3 is 2.71 bits per heavy atom. The molecule has 1 amide bonds. The molecule has 4 N–H and O–H groups in total. The summed E-state index contributed by atoms with van der Waals surface area (Å²) in [6.07, 6.45) is 1.02. The summed E-state index contributed by atoms with van der Waals surface area (Å²) in [6, 6.07) is 6.35. The second-order valence-corrected chi connectivity index (χ2v) is 4.21. The maximum absolute atomic E-state index is 11.6. The smallest absolute Gasteiger partial charge is 0.305 e. The summed E-state index contributed by atoms with van der Waals surface area (Å²) >= 11 is 0. The van der Waals surface area contributed by atoms with Crippen molar-refractivity contribution < 1.29 is 19.8 Å². The first-order chi connectivity index (χ1) is 9.93. The minimum atomic E-state index is -1.03. The number of phenols is 1. The summed E-state index contributed by atoms with van der Waals surface area (Å²) in [7, 11) is 0. The van der Waals surface area contributed by atoms with Gasteiger partial charge in [0.05, 0.1) is 6.42 Å². The van der Waals surface area contributed by atoms with E-state index in [1.807, 2.05) is 0 Å². The van der Waals surface area contributed by atoms with Crippen molar-refractivity contribution in [3.8, 4) is 11.8 Å². The zero-order valence-corrected chi connectivity index (χ0v) is 11.4. The van der Waals surface area contributed by atoms with Crippen LogP contribution in [0.3, 0.4) is 0 Å². The van der Waals surface area contributed by atoms with Crippen LogP contribution in [0.1, 0.15) is 12.0 Å². The highest BCUT2D eigenvalue weighted by Gasteiger charge is 2.09. The molecule has 0 saturated carbocycles. The lowest BCUT2D eigenvalue weighted by atomic mass is 10.2. The molecule has 7 heteroatoms. The Morgan fingerprint density at radius 1 is 1.43 bits per heavy atom. The highest BCUT2D eigenvalue weighted by molar-refractivity contribution is 5.97. The molecule has 0 unspecified atom stereocenters. The van der Waals surface area contributed by atoms with Crippen LogP contribution < -0.4 is 10.6 Å². The van der Waals surface area contributed by atoms with E-state index in [4.69, 9.17) is 10.4 Å². The van der Waals surface area contributed by atoms with Crippen LogP contribution in [0, 0.1) is 18.3 Å². The lowest BCUT2D eigenvalue weighted by molar-refractivity contribution is -0.136. The highest BCUT2D eigenvalue weighted by Crippen LogP contribution is 2.20. The number of nitrogens with one attached hydrogen (secondary N) is 2. The van der Waals surface area contributed by atoms with E-state index in [0.717, 1.165) is 5.56 Å². The molecule has 0 aliphatic heterocycles. The zero-order chi connectivity index (χ0) is 15.8. The number of carbonyl (C=O) groups excluding carboxylic acids is 1. The van der Waals surface area contributed by atoms with Gasteiger partial charge in [-0.3, -0.25) is 9.59 Å². The molecule has 1 rings (SSSR count). The van der Waals surface area contributed by atoms with Gasteiger partial charge < -0.3 is 20.8 Å². The highest BCUT2D eigenvalue weighted by atomic mass is 16.4. The Bertz CT molecular complexity index is 617. The number of carboxylic acids is 1. The van der Waals surface area contributed by atoms with Gasteiger partial charge in [0.15, 0.2) is 0 Å². The normalized spacial score (nSPS) is 10.6. The fourth-order valence-corrected chi connectivity index (χ4v) is 1.49. The van der Waals surface area contributed by atoms with Crippen molar-refractivity contribution in [2.45, 2.75) is 13.3 Å². The van der Waals surface area contributed by atoms with Crippen LogP contribution in [-0.2, 0) is 9.59 Å². The lowest BCUT2D eigenvalue weighted by Gasteiger charge is -2.07. The minimum Gasteiger partial charge on any atom is -0.508 e. The number of benzene rings is 1. The fraction of sp³-hybridized carbons (Fsp3) is 0.214. The van der Waals surface area contributed by atoms with Crippen molar-refractivity contribution in [3.63, 3.8) is 0 Å². The van der Waals surface area contributed by atoms with Crippen molar-refractivity contribution in [1.82, 2.24) is 5.32 Å². The molecular formula is C14H15N3O4. The summed E-state index contributed by atoms with van der Waals surface area (Å²) in [4.78, 5) is 22.0. The first-order valence-electron chi connectivity index (χ1n) is 6.10. The number of carboxylic acid groups (broad SMARTS) is 1. The maximum atomic E-state index is 11.6. The van der Waals surface area contributed by atoms with Gasteiger partial charge in [-0.15, -0.1) is 0 Å². The molecule has 0 aromatic heterocycles. The second-order valence-electron chi connectivity index (χ2n) is 4.21. The predicted molar refractivity (Wildman–Crippen MR) is 75.4 cm³/mol. The summed E-state index contributed by atoms with van der Waals surface area (Å²) in [5, 5.41) is 31.8. The molecule has 0 bridgehead atoms. The molecule has 0 saturated heterocycles. The summed E-state index contributed by atoms with van der Waals surface area (Å²) in [5.74, 6) is -1.56. The topological polar surface area (TPSA) is 122 Å². The number of aliphatic carboxylic acids is 1. The molecule has 110 valence electrons. The third-order valence-electron chi connectivity index (χ3n) is 2.57. The molecule has 0 aliphatic carbocycles. The van der Waals surface area contributed by atoms with E-state index in [1.54, 1.807) is 19.1 Å². The molecule has 0 aliphatic rings. The number of anilines is 1. The van der Waals surface area contributed by atoms with Crippen molar-refractivity contribution in [2.24, 2.45) is 0 Å². The quantitative estimate of drug-likeness (QED) is 0.353. The standard InChI is InChI=1S/C14H15N3O4/c1-9-6-11(18)2-3-12(9)17-8-10(7-15)14(21)16-5-4-13(19)20/h2-3,6,8,17-18H,4-5H2,1H3,(H,16,21)(H,19,20)/b10-8-. The summed E-state index contributed by atoms with van der Waals surface area (Å²) in [6.45, 7) is 1.71. The van der Waals surface area contributed by atoms with E-state index in [0.29, 0.717) is 5.69 Å². The lowest BCUT2D eigenvalue weighted by Crippen LogP contribution is -2.27. The first kappa shape index (κ1) is 16.0. The van der Waals surface area contributed by atoms with Crippen molar-refractivity contribution >= 4 is 17.6 Å². The van der Waals surface area contributed by atoms with Crippen LogP contribution in [0.2, 0.25) is 0 Å². The second kappa shape index (κ2) is 7.55. The number of carbonyl (C=O) groups is 2. The van der Waals surface area contributed by atoms with Gasteiger partial charge in [-0.1, -0.05) is 0 Å². The van der Waals surface area contributed by atoms with E-state index in [1.165, 1.54) is 18.3 Å². The van der Waals surface area contributed by atoms with Crippen LogP contribution >= 0.6 is 0 Å². The molecule has 1 aromatic carbocycles. The van der Waals surface area contributed by atoms with Gasteiger partial charge in [0.1, 0.15) is 17.4 Å². The number of hydrogen-bond acceptors (Lipinski definition) is 5. The average molecular weight is 289 g/mol. The van der Waals surface area contributed by atoms with E-state index in [-0.39, 0.29) is 24.3 Å². The molecular weight excluding hydrogens is 274 g/mol. The number of aromatic hydroxyl groups is 1. The fourth-order valence-electron chi connectivity index (χ4n) is 1.49. The van der Waals surface area contributed by atoms with Crippen LogP contribution in [0.15, 0.2) is 30.0 Å². The van der Waals surface area contributed by atoms with Crippen LogP contribution in [0.4, 0.5) is 5.69 Å². The largest absolute Gasteiger partial charge is 0.508 e. The Hall–Kier alpha value is -3.01. The average Bonchev–Trinajstić information content (AvgIpc) is 2.41. The van der Waals surface area contributed by atoms with Gasteiger partial charge in [-0.25, -0.2) is 0 Å². The zero-order valence-electron chi connectivity index (χ0n) is 11.4. The summed E-state index contributed by atoms with van der Waals surface area (Å²) in [5.41, 5.74) is 1.21. The monoisotopic (exact) mass is 289 g/mol. The van der Waals surface area contributed by atoms with E-state index >= 15 is 0 Å². The van der Waals surface area contributed by atoms with Crippen molar-refractivity contribution in [1.29, 1.82) is 5.26 Å². The van der Waals surface area contributed by atoms with Gasteiger partial charge in [-0.05, 0) is 30.7 Å². The minimum absolute atomic E-state index is 0.0502. The Morgan fingerprint density at radius 2 is 2.14 bits per heavy atom. The van der Waals surface area contributed by atoms with E-state index in [2.05, 4.69) is 10.6 Å². The number of amides is 1. The van der Waals surface area contributed by atoms with Crippen molar-refractivity contribution in [3.05, 3.63) is 35.5 Å². The maximum Gasteiger partial charge on any atom is 0.305 e. The van der Waals surface area contributed by atoms with E-state index < -0.39 is 11.9 Å². The molecule has 1 aromatic rings. The SMILES string of the molecule is Cc1cc(O)ccc1N/C=C(/C#N)C(=O)NCCC(=O)O. The molecule has 0 spiro atoms. The predicted octanol–water partition coefficient (Wildman–Crippen LogP) is 1.11. The molecule has 0 heterocycles. The Kier molecular flexibility index (Phi) is 5.77. The number of nitrogens with zero attached hydrogens (tertiary/aromatic N) is 1. The van der Waals surface area contributed by atoms with Crippen LogP contribution in [0.5, 0.6) is 5.75 Å². The molecule has 21 heavy (non-hydrogen) atoms. The third kappa shape index (κ3) is 5.24. The summed E-state index contributed by atoms with van der Waals surface area (Å²) < 4.78 is 0. The molecule has 0 atom stereocenters. The van der Waals surface area contributed by atoms with Crippen LogP contribution in [0.25, 0.3) is 0 Å². The number of phenolic OH excluding ortho intramolecular Hbond substituents is 1. The molecule has 0 fully saturated rings. The molecule has 7 nitrogen and oxygen atoms in total. The van der Waals surface area contributed by atoms with Gasteiger partial charge >= 0.3 is 5.97 Å². The van der Waals surface area contributed by atoms with Crippen LogP contribution in [-0.4, -0.2) is 28.6 Å². The number of nitriles is 1. The molecule has 0 radical (unpaired) electrons. The number of hydrogen-bond donors (Lipinski definition) is 4. The number of aryl methyl sites for hydroxylation is 1. The van der Waals surface area contributed by atoms with Gasteiger partial charge in [0.2, 0.25) is 0 Å². The Labute approximate surface area is 121 Å². The van der Waals surface area contributed by atoms with Gasteiger partial charge in [-0.2, -0.15) is 5.26 Å². The third-order valence-corrected chi connectivity index (χ3v) is 2.57. The van der Waals surface area contributed by atoms with E-state index in [9.17, 15) is 14.7 Å². The number of rotatable bonds is 6.